The van der Waals surface area contributed by atoms with Crippen LogP contribution >= 0.6 is 11.8 Å². The van der Waals surface area contributed by atoms with E-state index in [1.54, 1.807) is 32.2 Å². The molecule has 2 aromatic rings. The maximum atomic E-state index is 9.38. The Morgan fingerprint density at radius 3 is 2.89 bits per heavy atom. The first kappa shape index (κ1) is 19.0. The van der Waals surface area contributed by atoms with Gasteiger partial charge in [0, 0.05) is 30.4 Å². The van der Waals surface area contributed by atoms with Crippen LogP contribution < -0.4 is 20.7 Å². The molecule has 142 valence electrons. The van der Waals surface area contributed by atoms with Crippen LogP contribution in [0.15, 0.2) is 35.4 Å². The SMILES string of the molecule is COCCNC1=CC(Nc2ccc(SC)cc2OC)Nc2[nH]cc(C#N)c21. The Morgan fingerprint density at radius 1 is 1.33 bits per heavy atom. The second kappa shape index (κ2) is 8.75. The van der Waals surface area contributed by atoms with Crippen LogP contribution in [0, 0.1) is 11.3 Å². The summed E-state index contributed by atoms with van der Waals surface area (Å²) in [6.07, 6.45) is 5.58. The van der Waals surface area contributed by atoms with Crippen molar-refractivity contribution >= 4 is 29.0 Å². The molecule has 0 aliphatic carbocycles. The predicted molar refractivity (Wildman–Crippen MR) is 109 cm³/mol. The predicted octanol–water partition coefficient (Wildman–Crippen LogP) is 3.06. The van der Waals surface area contributed by atoms with Gasteiger partial charge in [-0.05, 0) is 30.5 Å². The normalized spacial score (nSPS) is 15.2. The lowest BCUT2D eigenvalue weighted by Crippen LogP contribution is -2.33. The molecule has 0 amide bonds. The molecule has 0 radical (unpaired) electrons. The summed E-state index contributed by atoms with van der Waals surface area (Å²) < 4.78 is 10.6. The van der Waals surface area contributed by atoms with E-state index in [1.807, 2.05) is 30.5 Å². The number of nitrogens with zero attached hydrogens (tertiary/aromatic N) is 1. The van der Waals surface area contributed by atoms with E-state index in [1.165, 1.54) is 0 Å². The molecule has 1 unspecified atom stereocenters. The zero-order valence-corrected chi connectivity index (χ0v) is 16.4. The molecule has 27 heavy (non-hydrogen) atoms. The Labute approximate surface area is 163 Å². The highest BCUT2D eigenvalue weighted by atomic mass is 32.2. The van der Waals surface area contributed by atoms with Crippen LogP contribution in [-0.4, -0.2) is 44.8 Å². The van der Waals surface area contributed by atoms with Gasteiger partial charge in [0.05, 0.1) is 30.5 Å². The largest absolute Gasteiger partial charge is 0.495 e. The quantitative estimate of drug-likeness (QED) is 0.410. The van der Waals surface area contributed by atoms with E-state index in [0.717, 1.165) is 33.4 Å². The summed E-state index contributed by atoms with van der Waals surface area (Å²) in [6.45, 7) is 1.23. The van der Waals surface area contributed by atoms with E-state index < -0.39 is 0 Å². The lowest BCUT2D eigenvalue weighted by atomic mass is 10.1. The van der Waals surface area contributed by atoms with Crippen LogP contribution in [0.2, 0.25) is 0 Å². The Kier molecular flexibility index (Phi) is 6.16. The van der Waals surface area contributed by atoms with Gasteiger partial charge in [0.25, 0.3) is 0 Å². The number of H-pyrrole nitrogens is 1. The van der Waals surface area contributed by atoms with Crippen molar-refractivity contribution in [3.63, 3.8) is 0 Å². The molecule has 7 nitrogen and oxygen atoms in total. The van der Waals surface area contributed by atoms with Crippen molar-refractivity contribution in [1.82, 2.24) is 10.3 Å². The van der Waals surface area contributed by atoms with Gasteiger partial charge >= 0.3 is 0 Å². The number of anilines is 2. The van der Waals surface area contributed by atoms with Crippen molar-refractivity contribution in [3.8, 4) is 11.8 Å². The highest BCUT2D eigenvalue weighted by molar-refractivity contribution is 7.98. The van der Waals surface area contributed by atoms with Crippen molar-refractivity contribution < 1.29 is 9.47 Å². The third-order valence-corrected chi connectivity index (χ3v) is 4.97. The zero-order valence-electron chi connectivity index (χ0n) is 15.6. The maximum absolute atomic E-state index is 9.38. The van der Waals surface area contributed by atoms with Gasteiger partial charge < -0.3 is 30.4 Å². The summed E-state index contributed by atoms with van der Waals surface area (Å²) in [7, 11) is 3.32. The number of methoxy groups -OCH3 is 2. The minimum atomic E-state index is -0.179. The third-order valence-electron chi connectivity index (χ3n) is 4.24. The van der Waals surface area contributed by atoms with Crippen molar-refractivity contribution in [2.75, 3.05) is 44.3 Å². The van der Waals surface area contributed by atoms with Crippen molar-refractivity contribution in [2.24, 2.45) is 0 Å². The average molecular weight is 385 g/mol. The van der Waals surface area contributed by atoms with Crippen LogP contribution in [0.5, 0.6) is 5.75 Å². The molecule has 8 heteroatoms. The van der Waals surface area contributed by atoms with E-state index in [-0.39, 0.29) is 6.17 Å². The number of nitrogens with one attached hydrogen (secondary N) is 4. The fraction of sp³-hybridized carbons (Fsp3) is 0.316. The van der Waals surface area contributed by atoms with E-state index in [4.69, 9.17) is 9.47 Å². The molecule has 1 aliphatic rings. The van der Waals surface area contributed by atoms with Gasteiger partial charge in [0.1, 0.15) is 23.8 Å². The maximum Gasteiger partial charge on any atom is 0.143 e. The van der Waals surface area contributed by atoms with Crippen LogP contribution in [-0.2, 0) is 4.74 Å². The number of aromatic nitrogens is 1. The smallest absolute Gasteiger partial charge is 0.143 e. The van der Waals surface area contributed by atoms with Gasteiger partial charge in [0.2, 0.25) is 0 Å². The Morgan fingerprint density at radius 2 is 2.19 bits per heavy atom. The van der Waals surface area contributed by atoms with Crippen LogP contribution in [0.1, 0.15) is 11.1 Å². The molecule has 0 spiro atoms. The number of fused-ring (bicyclic) bond motifs is 1. The van der Waals surface area contributed by atoms with Gasteiger partial charge in [-0.3, -0.25) is 0 Å². The standard InChI is InChI=1S/C19H23N5O2S/c1-25-7-6-21-15-9-17(24-19-18(15)12(10-20)11-22-19)23-14-5-4-13(27-3)8-16(14)26-2/h4-5,8-9,11,17,21-24H,6-7H2,1-3H3. The van der Waals surface area contributed by atoms with Gasteiger partial charge in [-0.15, -0.1) is 11.8 Å². The average Bonchev–Trinajstić information content (AvgIpc) is 3.11. The third kappa shape index (κ3) is 4.15. The number of ether oxygens (including phenoxy) is 2. The summed E-state index contributed by atoms with van der Waals surface area (Å²) in [4.78, 5) is 4.28. The van der Waals surface area contributed by atoms with E-state index in [2.05, 4.69) is 27.0 Å². The first-order chi connectivity index (χ1) is 13.2. The van der Waals surface area contributed by atoms with Crippen LogP contribution in [0.25, 0.3) is 5.70 Å². The second-order valence-corrected chi connectivity index (χ2v) is 6.78. The fourth-order valence-electron chi connectivity index (χ4n) is 2.95. The number of benzene rings is 1. The summed E-state index contributed by atoms with van der Waals surface area (Å²) in [6, 6.07) is 8.28. The molecule has 1 aromatic heterocycles. The molecular weight excluding hydrogens is 362 g/mol. The Hall–Kier alpha value is -2.76. The lowest BCUT2D eigenvalue weighted by Gasteiger charge is -2.27. The van der Waals surface area contributed by atoms with E-state index in [9.17, 15) is 5.26 Å². The van der Waals surface area contributed by atoms with E-state index in [0.29, 0.717) is 18.7 Å². The number of nitriles is 1. The highest BCUT2D eigenvalue weighted by Crippen LogP contribution is 2.33. The number of aromatic amines is 1. The first-order valence-corrected chi connectivity index (χ1v) is 9.74. The summed E-state index contributed by atoms with van der Waals surface area (Å²) >= 11 is 1.67. The lowest BCUT2D eigenvalue weighted by molar-refractivity contribution is 0.203. The van der Waals surface area contributed by atoms with Crippen molar-refractivity contribution in [3.05, 3.63) is 41.6 Å². The van der Waals surface area contributed by atoms with Crippen molar-refractivity contribution in [1.29, 1.82) is 5.26 Å². The molecule has 4 N–H and O–H groups in total. The molecule has 1 aromatic carbocycles. The topological polar surface area (TPSA) is 94.1 Å². The van der Waals surface area contributed by atoms with Gasteiger partial charge in [-0.2, -0.15) is 5.26 Å². The van der Waals surface area contributed by atoms with E-state index >= 15 is 0 Å². The summed E-state index contributed by atoms with van der Waals surface area (Å²) in [5.41, 5.74) is 3.21. The summed E-state index contributed by atoms with van der Waals surface area (Å²) in [5, 5.41) is 19.6. The van der Waals surface area contributed by atoms with Crippen molar-refractivity contribution in [2.45, 2.75) is 11.1 Å². The molecule has 0 fully saturated rings. The number of hydrogen-bond acceptors (Lipinski definition) is 7. The minimum absolute atomic E-state index is 0.179. The molecule has 3 rings (SSSR count). The van der Waals surface area contributed by atoms with Gasteiger partial charge in [-0.1, -0.05) is 0 Å². The molecule has 1 aliphatic heterocycles. The number of thioether (sulfide) groups is 1. The fourth-order valence-corrected chi connectivity index (χ4v) is 3.38. The molecule has 0 saturated carbocycles. The molecule has 0 bridgehead atoms. The number of rotatable bonds is 8. The molecule has 0 saturated heterocycles. The molecular formula is C19H23N5O2S. The Bertz CT molecular complexity index is 871. The Balaban J connectivity index is 1.86. The second-order valence-electron chi connectivity index (χ2n) is 5.90. The highest BCUT2D eigenvalue weighted by Gasteiger charge is 2.24. The summed E-state index contributed by atoms with van der Waals surface area (Å²) in [5.74, 6) is 1.58. The molecule has 1 atom stereocenters. The first-order valence-electron chi connectivity index (χ1n) is 8.51. The minimum Gasteiger partial charge on any atom is -0.495 e. The van der Waals surface area contributed by atoms with Crippen LogP contribution in [0.3, 0.4) is 0 Å². The van der Waals surface area contributed by atoms with Gasteiger partial charge in [-0.25, -0.2) is 0 Å². The number of hydrogen-bond donors (Lipinski definition) is 4. The molecule has 2 heterocycles. The van der Waals surface area contributed by atoms with Crippen LogP contribution in [0.4, 0.5) is 11.5 Å². The monoisotopic (exact) mass is 385 g/mol. The zero-order chi connectivity index (χ0) is 19.2. The van der Waals surface area contributed by atoms with Gasteiger partial charge in [0.15, 0.2) is 0 Å².